The summed E-state index contributed by atoms with van der Waals surface area (Å²) in [7, 11) is 0. The van der Waals surface area contributed by atoms with E-state index in [0.29, 0.717) is 11.3 Å². The molecular formula is C17H23NO. The Morgan fingerprint density at radius 1 is 0.842 bits per heavy atom. The van der Waals surface area contributed by atoms with Gasteiger partial charge < -0.3 is 5.11 Å². The van der Waals surface area contributed by atoms with Crippen molar-refractivity contribution in [3.8, 4) is 5.75 Å². The summed E-state index contributed by atoms with van der Waals surface area (Å²) in [5.41, 5.74) is 2.55. The fraction of sp³-hybridized carbons (Fsp3) is 0.471. The first-order valence-electron chi connectivity index (χ1n) is 6.74. The fourth-order valence-electron chi connectivity index (χ4n) is 2.20. The van der Waals surface area contributed by atoms with Crippen molar-refractivity contribution in [1.82, 2.24) is 4.98 Å². The van der Waals surface area contributed by atoms with Crippen LogP contribution in [-0.2, 0) is 10.8 Å². The van der Waals surface area contributed by atoms with Crippen LogP contribution in [0.25, 0.3) is 10.9 Å². The molecular weight excluding hydrogens is 234 g/mol. The summed E-state index contributed by atoms with van der Waals surface area (Å²) in [6.07, 6.45) is 0. The van der Waals surface area contributed by atoms with Gasteiger partial charge in [0.15, 0.2) is 0 Å². The third kappa shape index (κ3) is 2.58. The molecule has 0 spiro atoms. The van der Waals surface area contributed by atoms with Gasteiger partial charge in [0.1, 0.15) is 11.3 Å². The van der Waals surface area contributed by atoms with Crippen molar-refractivity contribution in [3.63, 3.8) is 0 Å². The third-order valence-corrected chi connectivity index (χ3v) is 3.41. The summed E-state index contributed by atoms with van der Waals surface area (Å²) in [6, 6.07) is 8.11. The summed E-state index contributed by atoms with van der Waals surface area (Å²) in [5.74, 6) is 0.316. The van der Waals surface area contributed by atoms with E-state index in [1.807, 2.05) is 24.3 Å². The maximum absolute atomic E-state index is 10.5. The van der Waals surface area contributed by atoms with Gasteiger partial charge in [-0.15, -0.1) is 0 Å². The van der Waals surface area contributed by atoms with Gasteiger partial charge in [-0.1, -0.05) is 59.7 Å². The summed E-state index contributed by atoms with van der Waals surface area (Å²) < 4.78 is 0. The molecule has 0 saturated carbocycles. The van der Waals surface area contributed by atoms with E-state index in [4.69, 9.17) is 0 Å². The van der Waals surface area contributed by atoms with Crippen LogP contribution in [0.3, 0.4) is 0 Å². The standard InChI is InChI=1S/C17H23NO/c1-16(2,3)12-9-7-11-8-10-13(17(4,5)6)18-14(11)15(12)19/h7-10,19H,1-6H3. The normalized spacial score (nSPS) is 12.9. The molecule has 0 aliphatic rings. The minimum atomic E-state index is -0.0856. The summed E-state index contributed by atoms with van der Waals surface area (Å²) in [4.78, 5) is 4.67. The van der Waals surface area contributed by atoms with Crippen LogP contribution in [0.1, 0.15) is 52.8 Å². The Bertz CT molecular complexity index is 610. The number of aromatic hydroxyl groups is 1. The predicted molar refractivity (Wildman–Crippen MR) is 80.8 cm³/mol. The monoisotopic (exact) mass is 257 g/mol. The largest absolute Gasteiger partial charge is 0.505 e. The molecule has 0 radical (unpaired) electrons. The maximum atomic E-state index is 10.5. The summed E-state index contributed by atoms with van der Waals surface area (Å²) in [6.45, 7) is 12.7. The lowest BCUT2D eigenvalue weighted by Gasteiger charge is -2.22. The molecule has 0 unspecified atom stereocenters. The zero-order valence-electron chi connectivity index (χ0n) is 12.7. The Hall–Kier alpha value is -1.57. The molecule has 0 aliphatic carbocycles. The molecule has 2 nitrogen and oxygen atoms in total. The van der Waals surface area contributed by atoms with Crippen LogP contribution < -0.4 is 0 Å². The minimum absolute atomic E-state index is 0.0155. The smallest absolute Gasteiger partial charge is 0.145 e. The second-order valence-corrected chi connectivity index (χ2v) is 7.23. The van der Waals surface area contributed by atoms with Crippen molar-refractivity contribution in [2.24, 2.45) is 0 Å². The topological polar surface area (TPSA) is 33.1 Å². The van der Waals surface area contributed by atoms with E-state index in [1.165, 1.54) is 0 Å². The molecule has 0 atom stereocenters. The van der Waals surface area contributed by atoms with Crippen molar-refractivity contribution in [1.29, 1.82) is 0 Å². The van der Waals surface area contributed by atoms with Crippen LogP contribution in [0.15, 0.2) is 24.3 Å². The van der Waals surface area contributed by atoms with E-state index >= 15 is 0 Å². The van der Waals surface area contributed by atoms with Gasteiger partial charge >= 0.3 is 0 Å². The lowest BCUT2D eigenvalue weighted by molar-refractivity contribution is 0.451. The minimum Gasteiger partial charge on any atom is -0.505 e. The van der Waals surface area contributed by atoms with Crippen LogP contribution >= 0.6 is 0 Å². The van der Waals surface area contributed by atoms with E-state index in [9.17, 15) is 5.11 Å². The van der Waals surface area contributed by atoms with E-state index < -0.39 is 0 Å². The third-order valence-electron chi connectivity index (χ3n) is 3.41. The maximum Gasteiger partial charge on any atom is 0.145 e. The number of rotatable bonds is 0. The number of phenolic OH excluding ortho intramolecular Hbond substituents is 1. The SMILES string of the molecule is CC(C)(C)c1ccc2ccc(C(C)(C)C)c(O)c2n1. The lowest BCUT2D eigenvalue weighted by Crippen LogP contribution is -2.14. The van der Waals surface area contributed by atoms with Gasteiger partial charge in [-0.3, -0.25) is 0 Å². The van der Waals surface area contributed by atoms with E-state index in [0.717, 1.165) is 16.6 Å². The van der Waals surface area contributed by atoms with Gasteiger partial charge in [-0.25, -0.2) is 4.98 Å². The Labute approximate surface area is 115 Å². The molecule has 1 aromatic carbocycles. The molecule has 0 saturated heterocycles. The van der Waals surface area contributed by atoms with Crippen molar-refractivity contribution in [3.05, 3.63) is 35.5 Å². The molecule has 2 heteroatoms. The Morgan fingerprint density at radius 3 is 1.95 bits per heavy atom. The number of phenols is 1. The number of nitrogens with zero attached hydrogens (tertiary/aromatic N) is 1. The molecule has 1 N–H and O–H groups in total. The fourth-order valence-corrected chi connectivity index (χ4v) is 2.20. The second kappa shape index (κ2) is 4.22. The molecule has 2 rings (SSSR count). The van der Waals surface area contributed by atoms with Crippen molar-refractivity contribution in [2.45, 2.75) is 52.4 Å². The van der Waals surface area contributed by atoms with Crippen LogP contribution in [0.4, 0.5) is 0 Å². The highest BCUT2D eigenvalue weighted by Crippen LogP contribution is 2.36. The Morgan fingerprint density at radius 2 is 1.42 bits per heavy atom. The van der Waals surface area contributed by atoms with Gasteiger partial charge in [0.05, 0.1) is 0 Å². The molecule has 0 fully saturated rings. The Kier molecular flexibility index (Phi) is 3.08. The van der Waals surface area contributed by atoms with Crippen LogP contribution in [-0.4, -0.2) is 10.1 Å². The molecule has 1 heterocycles. The highest BCUT2D eigenvalue weighted by molar-refractivity contribution is 5.86. The van der Waals surface area contributed by atoms with Gasteiger partial charge in [0.25, 0.3) is 0 Å². The number of aromatic nitrogens is 1. The molecule has 102 valence electrons. The van der Waals surface area contributed by atoms with Gasteiger partial charge in [0, 0.05) is 22.1 Å². The van der Waals surface area contributed by atoms with Crippen molar-refractivity contribution < 1.29 is 5.11 Å². The first-order valence-corrected chi connectivity index (χ1v) is 6.74. The van der Waals surface area contributed by atoms with Crippen LogP contribution in [0, 0.1) is 0 Å². The number of pyridine rings is 1. The molecule has 1 aromatic heterocycles. The first kappa shape index (κ1) is 13.9. The Balaban J connectivity index is 2.73. The van der Waals surface area contributed by atoms with Crippen LogP contribution in [0.5, 0.6) is 5.75 Å². The van der Waals surface area contributed by atoms with E-state index in [2.05, 4.69) is 46.5 Å². The first-order chi connectivity index (χ1) is 8.60. The molecule has 0 bridgehead atoms. The zero-order valence-corrected chi connectivity index (χ0v) is 12.7. The van der Waals surface area contributed by atoms with Gasteiger partial charge in [-0.2, -0.15) is 0 Å². The quantitative estimate of drug-likeness (QED) is 0.752. The highest BCUT2D eigenvalue weighted by Gasteiger charge is 2.22. The van der Waals surface area contributed by atoms with E-state index in [-0.39, 0.29) is 10.8 Å². The zero-order chi connectivity index (χ0) is 14.4. The second-order valence-electron chi connectivity index (χ2n) is 7.23. The number of hydrogen-bond donors (Lipinski definition) is 1. The number of benzene rings is 1. The summed E-state index contributed by atoms with van der Waals surface area (Å²) in [5, 5.41) is 11.5. The van der Waals surface area contributed by atoms with Gasteiger partial charge in [-0.05, 0) is 11.5 Å². The number of hydrogen-bond acceptors (Lipinski definition) is 2. The van der Waals surface area contributed by atoms with Crippen molar-refractivity contribution >= 4 is 10.9 Å². The molecule has 19 heavy (non-hydrogen) atoms. The van der Waals surface area contributed by atoms with E-state index in [1.54, 1.807) is 0 Å². The van der Waals surface area contributed by atoms with Crippen molar-refractivity contribution in [2.75, 3.05) is 0 Å². The molecule has 0 amide bonds. The summed E-state index contributed by atoms with van der Waals surface area (Å²) >= 11 is 0. The molecule has 0 aliphatic heterocycles. The highest BCUT2D eigenvalue weighted by atomic mass is 16.3. The molecule has 2 aromatic rings. The average Bonchev–Trinajstić information content (AvgIpc) is 2.26. The number of fused-ring (bicyclic) bond motifs is 1. The lowest BCUT2D eigenvalue weighted by atomic mass is 9.85. The van der Waals surface area contributed by atoms with Gasteiger partial charge in [0.2, 0.25) is 0 Å². The predicted octanol–water partition coefficient (Wildman–Crippen LogP) is 4.54. The van der Waals surface area contributed by atoms with Crippen LogP contribution in [0.2, 0.25) is 0 Å². The average molecular weight is 257 g/mol.